The fourth-order valence-electron chi connectivity index (χ4n) is 1.81. The fourth-order valence-corrected chi connectivity index (χ4v) is 1.81. The van der Waals surface area contributed by atoms with Crippen LogP contribution >= 0.6 is 0 Å². The van der Waals surface area contributed by atoms with Crippen LogP contribution in [-0.4, -0.2) is 19.6 Å². The first-order valence-electron chi connectivity index (χ1n) is 6.38. The molecule has 2 rings (SSSR count). The van der Waals surface area contributed by atoms with Gasteiger partial charge in [-0.25, -0.2) is 4.68 Å². The standard InChI is InChI=1S/C13H21N5/c1-10(2)17-9-12(8-16-17)7-14-13-5-6-15-18(13)11(3)4/h5-6,8-11,14H,7H2,1-4H3. The predicted octanol–water partition coefficient (Wildman–Crippen LogP) is 2.85. The van der Waals surface area contributed by atoms with E-state index in [2.05, 4.69) is 49.4 Å². The van der Waals surface area contributed by atoms with Crippen LogP contribution in [0.25, 0.3) is 0 Å². The van der Waals surface area contributed by atoms with E-state index in [1.54, 1.807) is 0 Å². The molecule has 0 amide bonds. The molecule has 2 aromatic heterocycles. The van der Waals surface area contributed by atoms with Crippen molar-refractivity contribution in [3.63, 3.8) is 0 Å². The monoisotopic (exact) mass is 247 g/mol. The van der Waals surface area contributed by atoms with E-state index in [0.29, 0.717) is 12.1 Å². The SMILES string of the molecule is CC(C)n1cc(CNc2ccnn2C(C)C)cn1. The fraction of sp³-hybridized carbons (Fsp3) is 0.538. The van der Waals surface area contributed by atoms with Gasteiger partial charge in [0.25, 0.3) is 0 Å². The molecule has 0 aliphatic rings. The summed E-state index contributed by atoms with van der Waals surface area (Å²) in [7, 11) is 0. The zero-order chi connectivity index (χ0) is 13.1. The summed E-state index contributed by atoms with van der Waals surface area (Å²) in [5, 5.41) is 12.0. The molecule has 0 atom stereocenters. The average Bonchev–Trinajstić information content (AvgIpc) is 2.95. The molecule has 98 valence electrons. The smallest absolute Gasteiger partial charge is 0.124 e. The first-order valence-corrected chi connectivity index (χ1v) is 6.38. The molecule has 0 saturated carbocycles. The average molecular weight is 247 g/mol. The molecule has 2 aromatic rings. The Morgan fingerprint density at radius 2 is 1.94 bits per heavy atom. The molecule has 0 radical (unpaired) electrons. The first kappa shape index (κ1) is 12.7. The molecule has 0 aromatic carbocycles. The van der Waals surface area contributed by atoms with Gasteiger partial charge in [-0.2, -0.15) is 10.2 Å². The van der Waals surface area contributed by atoms with E-state index in [-0.39, 0.29) is 0 Å². The van der Waals surface area contributed by atoms with Crippen molar-refractivity contribution in [1.29, 1.82) is 0 Å². The summed E-state index contributed by atoms with van der Waals surface area (Å²) in [4.78, 5) is 0. The largest absolute Gasteiger partial charge is 0.366 e. The van der Waals surface area contributed by atoms with Gasteiger partial charge in [-0.05, 0) is 27.7 Å². The zero-order valence-corrected chi connectivity index (χ0v) is 11.5. The van der Waals surface area contributed by atoms with Crippen LogP contribution in [0.5, 0.6) is 0 Å². The lowest BCUT2D eigenvalue weighted by Crippen LogP contribution is -2.09. The van der Waals surface area contributed by atoms with Crippen LogP contribution in [0.1, 0.15) is 45.3 Å². The summed E-state index contributed by atoms with van der Waals surface area (Å²) in [5.74, 6) is 1.04. The summed E-state index contributed by atoms with van der Waals surface area (Å²) in [5.41, 5.74) is 1.18. The Hall–Kier alpha value is -1.78. The maximum Gasteiger partial charge on any atom is 0.124 e. The molecule has 5 nitrogen and oxygen atoms in total. The molecule has 0 aliphatic carbocycles. The van der Waals surface area contributed by atoms with E-state index in [0.717, 1.165) is 12.4 Å². The normalized spacial score (nSPS) is 11.4. The molecule has 5 heteroatoms. The molecular formula is C13H21N5. The van der Waals surface area contributed by atoms with Gasteiger partial charge in [0.1, 0.15) is 5.82 Å². The van der Waals surface area contributed by atoms with Crippen molar-refractivity contribution in [2.45, 2.75) is 46.3 Å². The molecule has 0 aliphatic heterocycles. The predicted molar refractivity (Wildman–Crippen MR) is 72.6 cm³/mol. The second kappa shape index (κ2) is 5.25. The Bertz CT molecular complexity index is 495. The highest BCUT2D eigenvalue weighted by Crippen LogP contribution is 2.14. The lowest BCUT2D eigenvalue weighted by Gasteiger charge is -2.11. The van der Waals surface area contributed by atoms with Crippen molar-refractivity contribution in [2.75, 3.05) is 5.32 Å². The van der Waals surface area contributed by atoms with Crippen molar-refractivity contribution in [3.05, 3.63) is 30.2 Å². The molecule has 2 heterocycles. The van der Waals surface area contributed by atoms with Gasteiger partial charge < -0.3 is 5.32 Å². The van der Waals surface area contributed by atoms with E-state index in [1.165, 1.54) is 5.56 Å². The topological polar surface area (TPSA) is 47.7 Å². The van der Waals surface area contributed by atoms with Gasteiger partial charge in [-0.15, -0.1) is 0 Å². The lowest BCUT2D eigenvalue weighted by atomic mass is 10.3. The molecule has 0 fully saturated rings. The number of nitrogens with zero attached hydrogens (tertiary/aromatic N) is 4. The van der Waals surface area contributed by atoms with Gasteiger partial charge in [0, 0.05) is 36.5 Å². The van der Waals surface area contributed by atoms with Gasteiger partial charge >= 0.3 is 0 Å². The molecule has 0 bridgehead atoms. The van der Waals surface area contributed by atoms with Gasteiger partial charge in [-0.3, -0.25) is 4.68 Å². The first-order chi connectivity index (χ1) is 8.58. The second-order valence-electron chi connectivity index (χ2n) is 5.03. The van der Waals surface area contributed by atoms with Gasteiger partial charge in [0.2, 0.25) is 0 Å². The molecule has 1 N–H and O–H groups in total. The zero-order valence-electron chi connectivity index (χ0n) is 11.5. The third kappa shape index (κ3) is 2.72. The van der Waals surface area contributed by atoms with Gasteiger partial charge in [0.05, 0.1) is 12.4 Å². The van der Waals surface area contributed by atoms with Crippen molar-refractivity contribution in [1.82, 2.24) is 19.6 Å². The Balaban J connectivity index is 2.00. The Labute approximate surface area is 108 Å². The minimum Gasteiger partial charge on any atom is -0.366 e. The van der Waals surface area contributed by atoms with Crippen LogP contribution in [0.4, 0.5) is 5.82 Å². The van der Waals surface area contributed by atoms with E-state index < -0.39 is 0 Å². The summed E-state index contributed by atoms with van der Waals surface area (Å²) in [6.07, 6.45) is 5.80. The highest BCUT2D eigenvalue weighted by atomic mass is 15.3. The van der Waals surface area contributed by atoms with Crippen molar-refractivity contribution in [3.8, 4) is 0 Å². The number of anilines is 1. The van der Waals surface area contributed by atoms with E-state index in [4.69, 9.17) is 0 Å². The number of hydrogen-bond acceptors (Lipinski definition) is 3. The van der Waals surface area contributed by atoms with Crippen LogP contribution in [0, 0.1) is 0 Å². The maximum atomic E-state index is 4.33. The minimum absolute atomic E-state index is 0.362. The van der Waals surface area contributed by atoms with E-state index in [1.807, 2.05) is 27.8 Å². The van der Waals surface area contributed by atoms with Crippen molar-refractivity contribution >= 4 is 5.82 Å². The highest BCUT2D eigenvalue weighted by molar-refractivity contribution is 5.35. The van der Waals surface area contributed by atoms with Gasteiger partial charge in [-0.1, -0.05) is 0 Å². The summed E-state index contributed by atoms with van der Waals surface area (Å²) in [6.45, 7) is 9.26. The quantitative estimate of drug-likeness (QED) is 0.883. The second-order valence-corrected chi connectivity index (χ2v) is 5.03. The molecule has 0 unspecified atom stereocenters. The van der Waals surface area contributed by atoms with Crippen LogP contribution in [-0.2, 0) is 6.54 Å². The molecule has 0 saturated heterocycles. The van der Waals surface area contributed by atoms with Crippen LogP contribution in [0.2, 0.25) is 0 Å². The Kier molecular flexibility index (Phi) is 3.69. The third-order valence-electron chi connectivity index (χ3n) is 2.82. The van der Waals surface area contributed by atoms with Crippen LogP contribution in [0.3, 0.4) is 0 Å². The Morgan fingerprint density at radius 3 is 2.56 bits per heavy atom. The summed E-state index contributed by atoms with van der Waals surface area (Å²) < 4.78 is 3.95. The summed E-state index contributed by atoms with van der Waals surface area (Å²) >= 11 is 0. The lowest BCUT2D eigenvalue weighted by molar-refractivity contribution is 0.532. The maximum absolute atomic E-state index is 4.33. The van der Waals surface area contributed by atoms with Gasteiger partial charge in [0.15, 0.2) is 0 Å². The summed E-state index contributed by atoms with van der Waals surface area (Å²) in [6, 6.07) is 2.76. The highest BCUT2D eigenvalue weighted by Gasteiger charge is 2.06. The molecular weight excluding hydrogens is 226 g/mol. The molecule has 0 spiro atoms. The minimum atomic E-state index is 0.362. The van der Waals surface area contributed by atoms with Crippen molar-refractivity contribution in [2.24, 2.45) is 0 Å². The number of hydrogen-bond donors (Lipinski definition) is 1. The number of rotatable bonds is 5. The van der Waals surface area contributed by atoms with E-state index >= 15 is 0 Å². The number of nitrogens with one attached hydrogen (secondary N) is 1. The molecule has 18 heavy (non-hydrogen) atoms. The van der Waals surface area contributed by atoms with Crippen LogP contribution in [0.15, 0.2) is 24.7 Å². The third-order valence-corrected chi connectivity index (χ3v) is 2.82. The Morgan fingerprint density at radius 1 is 1.17 bits per heavy atom. The van der Waals surface area contributed by atoms with E-state index in [9.17, 15) is 0 Å². The van der Waals surface area contributed by atoms with Crippen molar-refractivity contribution < 1.29 is 0 Å². The van der Waals surface area contributed by atoms with Crippen LogP contribution < -0.4 is 5.32 Å². The number of aromatic nitrogens is 4.